The molecule has 20 heavy (non-hydrogen) atoms. The molecule has 0 aliphatic heterocycles. The normalized spacial score (nSPS) is 11.7. The van der Waals surface area contributed by atoms with Gasteiger partial charge in [-0.25, -0.2) is 0 Å². The Morgan fingerprint density at radius 2 is 2.30 bits per heavy atom. The second kappa shape index (κ2) is 8.11. The fraction of sp³-hybridized carbons (Fsp3) is 0.462. The van der Waals surface area contributed by atoms with Crippen molar-refractivity contribution in [3.8, 4) is 5.75 Å². The lowest BCUT2D eigenvalue weighted by Gasteiger charge is -2.13. The highest BCUT2D eigenvalue weighted by Gasteiger charge is 2.10. The van der Waals surface area contributed by atoms with Crippen molar-refractivity contribution in [2.45, 2.75) is 25.8 Å². The average Bonchev–Trinajstić information content (AvgIpc) is 2.43. The molecule has 7 nitrogen and oxygen atoms in total. The third kappa shape index (κ3) is 5.66. The van der Waals surface area contributed by atoms with Crippen LogP contribution in [0.25, 0.3) is 0 Å². The maximum absolute atomic E-state index is 11.6. The number of rotatable bonds is 8. The lowest BCUT2D eigenvalue weighted by molar-refractivity contribution is -0.384. The number of nitrogens with one attached hydrogen (secondary N) is 1. The summed E-state index contributed by atoms with van der Waals surface area (Å²) in [6, 6.07) is 5.61. The van der Waals surface area contributed by atoms with Gasteiger partial charge in [-0.05, 0) is 25.8 Å². The van der Waals surface area contributed by atoms with Crippen LogP contribution in [0.5, 0.6) is 5.75 Å². The molecule has 0 saturated carbocycles. The van der Waals surface area contributed by atoms with Gasteiger partial charge in [0, 0.05) is 18.7 Å². The molecule has 0 aromatic heterocycles. The molecule has 1 unspecified atom stereocenters. The summed E-state index contributed by atoms with van der Waals surface area (Å²) >= 11 is 0. The number of carbonyl (C=O) groups excluding carboxylic acids is 1. The zero-order valence-corrected chi connectivity index (χ0v) is 11.2. The fourth-order valence-electron chi connectivity index (χ4n) is 1.62. The second-order valence-corrected chi connectivity index (χ2v) is 4.38. The van der Waals surface area contributed by atoms with Gasteiger partial charge < -0.3 is 15.2 Å². The van der Waals surface area contributed by atoms with E-state index in [1.54, 1.807) is 6.07 Å². The first-order valence-corrected chi connectivity index (χ1v) is 6.30. The minimum Gasteiger partial charge on any atom is -0.484 e. The lowest BCUT2D eigenvalue weighted by atomic mass is 10.2. The second-order valence-electron chi connectivity index (χ2n) is 4.38. The van der Waals surface area contributed by atoms with Crippen LogP contribution in [0.2, 0.25) is 0 Å². The number of aliphatic hydroxyl groups is 1. The van der Waals surface area contributed by atoms with Crippen LogP contribution in [0.15, 0.2) is 24.3 Å². The molecule has 110 valence electrons. The maximum atomic E-state index is 11.6. The van der Waals surface area contributed by atoms with Crippen LogP contribution in [0.3, 0.4) is 0 Å². The maximum Gasteiger partial charge on any atom is 0.273 e. The number of hydrogen-bond acceptors (Lipinski definition) is 5. The Morgan fingerprint density at radius 1 is 1.55 bits per heavy atom. The van der Waals surface area contributed by atoms with Crippen LogP contribution in [-0.4, -0.2) is 35.2 Å². The van der Waals surface area contributed by atoms with Crippen LogP contribution in [0.1, 0.15) is 19.8 Å². The van der Waals surface area contributed by atoms with E-state index in [0.29, 0.717) is 12.8 Å². The topological polar surface area (TPSA) is 102 Å². The average molecular weight is 282 g/mol. The summed E-state index contributed by atoms with van der Waals surface area (Å²) in [6.07, 6.45) is 1.30. The molecule has 1 atom stereocenters. The predicted octanol–water partition coefficient (Wildman–Crippen LogP) is 1.25. The highest BCUT2D eigenvalue weighted by molar-refractivity contribution is 5.77. The molecule has 0 radical (unpaired) electrons. The van der Waals surface area contributed by atoms with Crippen LogP contribution in [-0.2, 0) is 4.79 Å². The number of carbonyl (C=O) groups is 1. The van der Waals surface area contributed by atoms with Gasteiger partial charge in [0.25, 0.3) is 11.6 Å². The van der Waals surface area contributed by atoms with Crippen LogP contribution < -0.4 is 10.1 Å². The number of amides is 1. The molecule has 0 fully saturated rings. The van der Waals surface area contributed by atoms with E-state index in [1.165, 1.54) is 18.2 Å². The smallest absolute Gasteiger partial charge is 0.273 e. The first kappa shape index (κ1) is 15.9. The van der Waals surface area contributed by atoms with Gasteiger partial charge in [-0.2, -0.15) is 0 Å². The summed E-state index contributed by atoms with van der Waals surface area (Å²) in [7, 11) is 0. The summed E-state index contributed by atoms with van der Waals surface area (Å²) in [5, 5.41) is 22.0. The Hall–Kier alpha value is -2.15. The minimum atomic E-state index is -0.524. The lowest BCUT2D eigenvalue weighted by Crippen LogP contribution is -2.36. The molecule has 0 aliphatic carbocycles. The number of non-ortho nitro benzene ring substituents is 1. The summed E-state index contributed by atoms with van der Waals surface area (Å²) in [4.78, 5) is 21.6. The Morgan fingerprint density at radius 3 is 2.95 bits per heavy atom. The van der Waals surface area contributed by atoms with Crippen molar-refractivity contribution in [1.82, 2.24) is 5.32 Å². The SMILES string of the molecule is CC(CCCO)NC(=O)COc1cccc([N+](=O)[O-])c1. The molecule has 0 spiro atoms. The molecule has 1 aromatic carbocycles. The van der Waals surface area contributed by atoms with Crippen LogP contribution in [0.4, 0.5) is 5.69 Å². The summed E-state index contributed by atoms with van der Waals surface area (Å²) < 4.78 is 5.20. The number of hydrogen-bond donors (Lipinski definition) is 2. The molecule has 7 heteroatoms. The molecule has 0 heterocycles. The number of benzene rings is 1. The van der Waals surface area contributed by atoms with Crippen molar-refractivity contribution >= 4 is 11.6 Å². The monoisotopic (exact) mass is 282 g/mol. The molecule has 0 bridgehead atoms. The zero-order valence-electron chi connectivity index (χ0n) is 11.2. The quantitative estimate of drug-likeness (QED) is 0.552. The van der Waals surface area contributed by atoms with Gasteiger partial charge in [0.1, 0.15) is 5.75 Å². The Bertz CT molecular complexity index is 464. The van der Waals surface area contributed by atoms with Gasteiger partial charge in [-0.3, -0.25) is 14.9 Å². The third-order valence-electron chi connectivity index (χ3n) is 2.60. The molecular weight excluding hydrogens is 264 g/mol. The Balaban J connectivity index is 2.41. The van der Waals surface area contributed by atoms with Gasteiger partial charge in [-0.15, -0.1) is 0 Å². The number of nitro groups is 1. The molecule has 1 rings (SSSR count). The van der Waals surface area contributed by atoms with Crippen LogP contribution >= 0.6 is 0 Å². The van der Waals surface area contributed by atoms with Gasteiger partial charge in [0.2, 0.25) is 0 Å². The van der Waals surface area contributed by atoms with E-state index >= 15 is 0 Å². The molecule has 1 aromatic rings. The van der Waals surface area contributed by atoms with Gasteiger partial charge >= 0.3 is 0 Å². The predicted molar refractivity (Wildman–Crippen MR) is 72.5 cm³/mol. The number of nitrogens with zero attached hydrogens (tertiary/aromatic N) is 1. The standard InChI is InChI=1S/C13H18N2O5/c1-10(4-3-7-16)14-13(17)9-20-12-6-2-5-11(8-12)15(18)19/h2,5-6,8,10,16H,3-4,7,9H2,1H3,(H,14,17). The van der Waals surface area contributed by atoms with Crippen molar-refractivity contribution in [3.05, 3.63) is 34.4 Å². The zero-order chi connectivity index (χ0) is 15.0. The molecule has 0 aliphatic rings. The van der Waals surface area contributed by atoms with Crippen molar-refractivity contribution in [1.29, 1.82) is 0 Å². The number of aliphatic hydroxyl groups excluding tert-OH is 1. The Kier molecular flexibility index (Phi) is 6.45. The van der Waals surface area contributed by atoms with Crippen molar-refractivity contribution in [2.75, 3.05) is 13.2 Å². The van der Waals surface area contributed by atoms with E-state index < -0.39 is 4.92 Å². The highest BCUT2D eigenvalue weighted by atomic mass is 16.6. The van der Waals surface area contributed by atoms with E-state index in [0.717, 1.165) is 0 Å². The van der Waals surface area contributed by atoms with Crippen molar-refractivity contribution < 1.29 is 19.6 Å². The number of nitro benzene ring substituents is 1. The first-order valence-electron chi connectivity index (χ1n) is 6.30. The highest BCUT2D eigenvalue weighted by Crippen LogP contribution is 2.18. The number of ether oxygens (including phenoxy) is 1. The largest absolute Gasteiger partial charge is 0.484 e. The summed E-state index contributed by atoms with van der Waals surface area (Å²) in [5.74, 6) is -0.0284. The summed E-state index contributed by atoms with van der Waals surface area (Å²) in [6.45, 7) is 1.72. The fourth-order valence-corrected chi connectivity index (χ4v) is 1.62. The summed E-state index contributed by atoms with van der Waals surface area (Å²) in [5.41, 5.74) is -0.0841. The van der Waals surface area contributed by atoms with E-state index in [9.17, 15) is 14.9 Å². The van der Waals surface area contributed by atoms with Gasteiger partial charge in [-0.1, -0.05) is 6.07 Å². The van der Waals surface area contributed by atoms with Gasteiger partial charge in [0.05, 0.1) is 11.0 Å². The van der Waals surface area contributed by atoms with E-state index in [4.69, 9.17) is 9.84 Å². The van der Waals surface area contributed by atoms with E-state index in [-0.39, 0.29) is 36.6 Å². The van der Waals surface area contributed by atoms with Crippen molar-refractivity contribution in [3.63, 3.8) is 0 Å². The minimum absolute atomic E-state index is 0.0524. The molecular formula is C13H18N2O5. The van der Waals surface area contributed by atoms with E-state index in [1.807, 2.05) is 6.92 Å². The van der Waals surface area contributed by atoms with Gasteiger partial charge in [0.15, 0.2) is 6.61 Å². The first-order chi connectivity index (χ1) is 9.52. The van der Waals surface area contributed by atoms with Crippen LogP contribution in [0, 0.1) is 10.1 Å². The van der Waals surface area contributed by atoms with E-state index in [2.05, 4.69) is 5.32 Å². The molecule has 2 N–H and O–H groups in total. The molecule has 0 saturated heterocycles. The molecule has 1 amide bonds. The third-order valence-corrected chi connectivity index (χ3v) is 2.60. The van der Waals surface area contributed by atoms with Crippen molar-refractivity contribution in [2.24, 2.45) is 0 Å². The Labute approximate surface area is 116 Å².